The minimum atomic E-state index is 0.334. The summed E-state index contributed by atoms with van der Waals surface area (Å²) >= 11 is 0. The summed E-state index contributed by atoms with van der Waals surface area (Å²) < 4.78 is 6.02. The van der Waals surface area contributed by atoms with E-state index < -0.39 is 0 Å². The maximum absolute atomic E-state index is 6.02. The van der Waals surface area contributed by atoms with E-state index in [4.69, 9.17) is 4.74 Å². The first-order valence-electron chi connectivity index (χ1n) is 6.99. The van der Waals surface area contributed by atoms with Crippen LogP contribution < -0.4 is 10.1 Å². The number of nitrogens with zero attached hydrogens (tertiary/aromatic N) is 1. The molecule has 1 aromatic rings. The molecule has 1 aliphatic carbocycles. The quantitative estimate of drug-likeness (QED) is 0.887. The lowest BCUT2D eigenvalue weighted by molar-refractivity contribution is 0.124. The summed E-state index contributed by atoms with van der Waals surface area (Å²) in [7, 11) is 1.97. The summed E-state index contributed by atoms with van der Waals surface area (Å²) in [6.07, 6.45) is 7.12. The van der Waals surface area contributed by atoms with Gasteiger partial charge in [-0.25, -0.2) is 4.98 Å². The Bertz CT molecular complexity index is 381. The van der Waals surface area contributed by atoms with Gasteiger partial charge in [0.1, 0.15) is 6.10 Å². The van der Waals surface area contributed by atoms with E-state index in [9.17, 15) is 0 Å². The van der Waals surface area contributed by atoms with Crippen LogP contribution in [0.5, 0.6) is 5.88 Å². The first kappa shape index (κ1) is 13.3. The lowest BCUT2D eigenvalue weighted by Gasteiger charge is -2.27. The molecule has 1 aliphatic rings. The first-order chi connectivity index (χ1) is 8.69. The Hall–Kier alpha value is -1.09. The maximum Gasteiger partial charge on any atom is 0.213 e. The molecule has 1 saturated carbocycles. The summed E-state index contributed by atoms with van der Waals surface area (Å²) in [5.41, 5.74) is 1.23. The van der Waals surface area contributed by atoms with Crippen LogP contribution in [0.4, 0.5) is 0 Å². The van der Waals surface area contributed by atoms with Gasteiger partial charge in [0.25, 0.3) is 0 Å². The predicted molar refractivity (Wildman–Crippen MR) is 73.8 cm³/mol. The van der Waals surface area contributed by atoms with E-state index in [0.717, 1.165) is 24.6 Å². The zero-order valence-corrected chi connectivity index (χ0v) is 11.6. The van der Waals surface area contributed by atoms with Crippen LogP contribution in [-0.4, -0.2) is 18.1 Å². The van der Waals surface area contributed by atoms with Crippen molar-refractivity contribution in [3.63, 3.8) is 0 Å². The highest BCUT2D eigenvalue weighted by molar-refractivity contribution is 5.23. The van der Waals surface area contributed by atoms with Crippen molar-refractivity contribution < 1.29 is 4.74 Å². The standard InChI is InChI=1S/C15H24N2O/c1-11-5-4-6-14(9-11)18-15-10-13(7-8-17-15)12(2)16-3/h7-8,10-12,14,16H,4-6,9H2,1-3H3. The largest absolute Gasteiger partial charge is 0.474 e. The van der Waals surface area contributed by atoms with Crippen molar-refractivity contribution in [2.24, 2.45) is 5.92 Å². The van der Waals surface area contributed by atoms with Gasteiger partial charge in [0.15, 0.2) is 0 Å². The van der Waals surface area contributed by atoms with Gasteiger partial charge in [-0.15, -0.1) is 0 Å². The van der Waals surface area contributed by atoms with Gasteiger partial charge in [0, 0.05) is 18.3 Å². The normalized spacial score (nSPS) is 25.7. The molecule has 0 saturated heterocycles. The molecule has 2 rings (SSSR count). The molecular weight excluding hydrogens is 224 g/mol. The Labute approximate surface area is 110 Å². The van der Waals surface area contributed by atoms with E-state index in [1.54, 1.807) is 0 Å². The molecule has 3 atom stereocenters. The Morgan fingerprint density at radius 2 is 2.28 bits per heavy atom. The number of nitrogens with one attached hydrogen (secondary N) is 1. The molecule has 1 fully saturated rings. The Balaban J connectivity index is 2.00. The molecule has 1 heterocycles. The molecule has 18 heavy (non-hydrogen) atoms. The van der Waals surface area contributed by atoms with Crippen LogP contribution >= 0.6 is 0 Å². The summed E-state index contributed by atoms with van der Waals surface area (Å²) in [4.78, 5) is 4.33. The molecule has 0 aliphatic heterocycles. The molecular formula is C15H24N2O. The van der Waals surface area contributed by atoms with Crippen molar-refractivity contribution in [1.82, 2.24) is 10.3 Å². The van der Waals surface area contributed by atoms with Crippen molar-refractivity contribution in [2.75, 3.05) is 7.05 Å². The molecule has 3 heteroatoms. The molecule has 3 unspecified atom stereocenters. The zero-order chi connectivity index (χ0) is 13.0. The van der Waals surface area contributed by atoms with E-state index in [1.807, 2.05) is 19.3 Å². The molecule has 0 radical (unpaired) electrons. The fourth-order valence-electron chi connectivity index (χ4n) is 2.58. The molecule has 0 spiro atoms. The van der Waals surface area contributed by atoms with Gasteiger partial charge in [0.2, 0.25) is 5.88 Å². The second-order valence-electron chi connectivity index (χ2n) is 5.45. The summed E-state index contributed by atoms with van der Waals surface area (Å²) in [5.74, 6) is 1.55. The molecule has 1 N–H and O–H groups in total. The number of aromatic nitrogens is 1. The van der Waals surface area contributed by atoms with Crippen LogP contribution in [0.2, 0.25) is 0 Å². The van der Waals surface area contributed by atoms with Gasteiger partial charge < -0.3 is 10.1 Å². The second-order valence-corrected chi connectivity index (χ2v) is 5.45. The lowest BCUT2D eigenvalue weighted by atomic mass is 9.89. The third-order valence-corrected chi connectivity index (χ3v) is 3.87. The topological polar surface area (TPSA) is 34.2 Å². The first-order valence-corrected chi connectivity index (χ1v) is 6.99. The lowest BCUT2D eigenvalue weighted by Crippen LogP contribution is -2.24. The van der Waals surface area contributed by atoms with Crippen LogP contribution in [0.15, 0.2) is 18.3 Å². The SMILES string of the molecule is CNC(C)c1ccnc(OC2CCCC(C)C2)c1. The van der Waals surface area contributed by atoms with E-state index in [0.29, 0.717) is 12.1 Å². The second kappa shape index (κ2) is 6.19. The third kappa shape index (κ3) is 3.45. The van der Waals surface area contributed by atoms with E-state index in [2.05, 4.69) is 30.2 Å². The molecule has 3 nitrogen and oxygen atoms in total. The monoisotopic (exact) mass is 248 g/mol. The predicted octanol–water partition coefficient (Wildman–Crippen LogP) is 3.32. The average Bonchev–Trinajstić information content (AvgIpc) is 2.38. The zero-order valence-electron chi connectivity index (χ0n) is 11.6. The fraction of sp³-hybridized carbons (Fsp3) is 0.667. The van der Waals surface area contributed by atoms with Crippen molar-refractivity contribution >= 4 is 0 Å². The van der Waals surface area contributed by atoms with Crippen LogP contribution in [0.3, 0.4) is 0 Å². The van der Waals surface area contributed by atoms with Crippen LogP contribution in [-0.2, 0) is 0 Å². The smallest absolute Gasteiger partial charge is 0.213 e. The van der Waals surface area contributed by atoms with Gasteiger partial charge in [-0.2, -0.15) is 0 Å². The number of hydrogen-bond acceptors (Lipinski definition) is 3. The van der Waals surface area contributed by atoms with Crippen molar-refractivity contribution in [1.29, 1.82) is 0 Å². The van der Waals surface area contributed by atoms with Crippen LogP contribution in [0.1, 0.15) is 51.1 Å². The summed E-state index contributed by atoms with van der Waals surface area (Å²) in [6, 6.07) is 4.43. The summed E-state index contributed by atoms with van der Waals surface area (Å²) in [5, 5.41) is 3.24. The molecule has 1 aromatic heterocycles. The van der Waals surface area contributed by atoms with Crippen molar-refractivity contribution in [3.05, 3.63) is 23.9 Å². The number of rotatable bonds is 4. The highest BCUT2D eigenvalue weighted by Gasteiger charge is 2.20. The molecule has 100 valence electrons. The van der Waals surface area contributed by atoms with Gasteiger partial charge >= 0.3 is 0 Å². The minimum absolute atomic E-state index is 0.334. The van der Waals surface area contributed by atoms with Gasteiger partial charge in [-0.05, 0) is 50.8 Å². The number of hydrogen-bond donors (Lipinski definition) is 1. The van der Waals surface area contributed by atoms with Gasteiger partial charge in [0.05, 0.1) is 0 Å². The van der Waals surface area contributed by atoms with E-state index in [1.165, 1.54) is 18.4 Å². The average molecular weight is 248 g/mol. The van der Waals surface area contributed by atoms with Crippen LogP contribution in [0, 0.1) is 5.92 Å². The third-order valence-electron chi connectivity index (χ3n) is 3.87. The van der Waals surface area contributed by atoms with Crippen LogP contribution in [0.25, 0.3) is 0 Å². The Kier molecular flexibility index (Phi) is 4.59. The highest BCUT2D eigenvalue weighted by Crippen LogP contribution is 2.27. The van der Waals surface area contributed by atoms with Gasteiger partial charge in [-0.3, -0.25) is 0 Å². The summed E-state index contributed by atoms with van der Waals surface area (Å²) in [6.45, 7) is 4.45. The van der Waals surface area contributed by atoms with Crippen molar-refractivity contribution in [2.45, 2.75) is 51.7 Å². The van der Waals surface area contributed by atoms with Gasteiger partial charge in [-0.1, -0.05) is 13.3 Å². The fourth-order valence-corrected chi connectivity index (χ4v) is 2.58. The van der Waals surface area contributed by atoms with E-state index in [-0.39, 0.29) is 0 Å². The maximum atomic E-state index is 6.02. The minimum Gasteiger partial charge on any atom is -0.474 e. The van der Waals surface area contributed by atoms with E-state index >= 15 is 0 Å². The molecule has 0 aromatic carbocycles. The Morgan fingerprint density at radius 3 is 3.00 bits per heavy atom. The number of pyridine rings is 1. The molecule has 0 bridgehead atoms. The Morgan fingerprint density at radius 1 is 1.44 bits per heavy atom. The highest BCUT2D eigenvalue weighted by atomic mass is 16.5. The van der Waals surface area contributed by atoms with Crippen molar-refractivity contribution in [3.8, 4) is 5.88 Å². The number of ether oxygens (including phenoxy) is 1. The molecule has 0 amide bonds.